The Labute approximate surface area is 110 Å². The Morgan fingerprint density at radius 2 is 2.06 bits per heavy atom. The Kier molecular flexibility index (Phi) is 3.78. The summed E-state index contributed by atoms with van der Waals surface area (Å²) in [5.41, 5.74) is 6.04. The third kappa shape index (κ3) is 2.77. The maximum atomic E-state index is 5.78. The first kappa shape index (κ1) is 12.8. The van der Waals surface area contributed by atoms with Crippen LogP contribution >= 0.6 is 11.3 Å². The van der Waals surface area contributed by atoms with Crippen LogP contribution in [0.5, 0.6) is 5.75 Å². The minimum absolute atomic E-state index is 0.406. The predicted molar refractivity (Wildman–Crippen MR) is 72.7 cm³/mol. The topological polar surface area (TPSA) is 73.1 Å². The number of rotatable bonds is 4. The lowest BCUT2D eigenvalue weighted by molar-refractivity contribution is 0.302. The van der Waals surface area contributed by atoms with Crippen molar-refractivity contribution in [3.63, 3.8) is 0 Å². The average molecular weight is 264 g/mol. The van der Waals surface area contributed by atoms with Gasteiger partial charge in [-0.2, -0.15) is 0 Å². The van der Waals surface area contributed by atoms with E-state index in [1.807, 2.05) is 6.07 Å². The van der Waals surface area contributed by atoms with Gasteiger partial charge in [-0.3, -0.25) is 5.43 Å². The number of nitrogen functional groups attached to an aromatic ring is 1. The summed E-state index contributed by atoms with van der Waals surface area (Å²) in [4.78, 5) is 0. The molecule has 0 saturated carbocycles. The third-order valence-electron chi connectivity index (χ3n) is 2.71. The van der Waals surface area contributed by atoms with E-state index in [4.69, 9.17) is 10.6 Å². The summed E-state index contributed by atoms with van der Waals surface area (Å²) >= 11 is 1.38. The number of ether oxygens (including phenoxy) is 1. The minimum Gasteiger partial charge on any atom is -0.486 e. The number of benzene rings is 1. The molecule has 3 N–H and O–H groups in total. The molecule has 1 aromatic carbocycles. The van der Waals surface area contributed by atoms with Gasteiger partial charge in [-0.25, -0.2) is 5.84 Å². The lowest BCUT2D eigenvalue weighted by Gasteiger charge is -2.11. The molecular weight excluding hydrogens is 248 g/mol. The van der Waals surface area contributed by atoms with Gasteiger partial charge in [0.25, 0.3) is 0 Å². The van der Waals surface area contributed by atoms with Crippen molar-refractivity contribution in [1.29, 1.82) is 0 Å². The van der Waals surface area contributed by atoms with Gasteiger partial charge in [-0.15, -0.1) is 10.2 Å². The number of hydrogen-bond donors (Lipinski definition) is 2. The molecule has 0 unspecified atom stereocenters. The second kappa shape index (κ2) is 5.32. The van der Waals surface area contributed by atoms with Gasteiger partial charge >= 0.3 is 0 Å². The van der Waals surface area contributed by atoms with E-state index in [-0.39, 0.29) is 0 Å². The zero-order valence-electron chi connectivity index (χ0n) is 10.7. The first-order valence-corrected chi connectivity index (χ1v) is 6.41. The van der Waals surface area contributed by atoms with Crippen molar-refractivity contribution in [2.45, 2.75) is 27.4 Å². The Balaban J connectivity index is 2.10. The second-order valence-electron chi connectivity index (χ2n) is 4.14. The molecule has 0 saturated heterocycles. The Bertz CT molecular complexity index is 553. The van der Waals surface area contributed by atoms with E-state index in [1.165, 1.54) is 22.5 Å². The number of anilines is 1. The third-order valence-corrected chi connectivity index (χ3v) is 3.53. The first-order chi connectivity index (χ1) is 8.60. The molecule has 5 nitrogen and oxygen atoms in total. The summed E-state index contributed by atoms with van der Waals surface area (Å²) < 4.78 is 5.78. The summed E-state index contributed by atoms with van der Waals surface area (Å²) in [5.74, 6) is 6.14. The quantitative estimate of drug-likeness (QED) is 0.655. The zero-order chi connectivity index (χ0) is 13.1. The van der Waals surface area contributed by atoms with Crippen LogP contribution in [-0.2, 0) is 6.61 Å². The van der Waals surface area contributed by atoms with Crippen molar-refractivity contribution in [3.8, 4) is 5.75 Å². The largest absolute Gasteiger partial charge is 0.486 e. The standard InChI is InChI=1S/C12H16N4OS/c1-7-4-8(2)9(3)10(5-7)17-6-11-15-16-12(14-13)18-11/h4-5H,6,13H2,1-3H3,(H,14,16). The van der Waals surface area contributed by atoms with Crippen molar-refractivity contribution in [1.82, 2.24) is 10.2 Å². The Hall–Kier alpha value is -1.66. The summed E-state index contributed by atoms with van der Waals surface area (Å²) in [6, 6.07) is 4.18. The molecule has 1 heterocycles. The van der Waals surface area contributed by atoms with Crippen LogP contribution in [0.4, 0.5) is 5.13 Å². The van der Waals surface area contributed by atoms with E-state index < -0.39 is 0 Å². The molecule has 6 heteroatoms. The van der Waals surface area contributed by atoms with Gasteiger partial charge in [-0.05, 0) is 43.5 Å². The molecule has 0 aliphatic rings. The molecule has 18 heavy (non-hydrogen) atoms. The predicted octanol–water partition coefficient (Wildman–Crippen LogP) is 2.33. The molecule has 0 fully saturated rings. The number of nitrogens with zero attached hydrogens (tertiary/aromatic N) is 2. The lowest BCUT2D eigenvalue weighted by atomic mass is 10.1. The lowest BCUT2D eigenvalue weighted by Crippen LogP contribution is -2.05. The number of aromatic nitrogens is 2. The van der Waals surface area contributed by atoms with Gasteiger partial charge < -0.3 is 4.74 Å². The van der Waals surface area contributed by atoms with E-state index in [2.05, 4.69) is 42.5 Å². The molecule has 0 radical (unpaired) electrons. The summed E-state index contributed by atoms with van der Waals surface area (Å²) in [6.45, 7) is 6.59. The van der Waals surface area contributed by atoms with Gasteiger partial charge in [-0.1, -0.05) is 17.4 Å². The highest BCUT2D eigenvalue weighted by atomic mass is 32.1. The van der Waals surface area contributed by atoms with Crippen LogP contribution in [0, 0.1) is 20.8 Å². The molecule has 0 aliphatic heterocycles. The fourth-order valence-electron chi connectivity index (χ4n) is 1.66. The summed E-state index contributed by atoms with van der Waals surface area (Å²) in [5, 5.41) is 9.22. The molecule has 96 valence electrons. The van der Waals surface area contributed by atoms with Crippen molar-refractivity contribution in [2.24, 2.45) is 5.84 Å². The maximum absolute atomic E-state index is 5.78. The minimum atomic E-state index is 0.406. The van der Waals surface area contributed by atoms with Gasteiger partial charge in [0.05, 0.1) is 0 Å². The smallest absolute Gasteiger partial charge is 0.219 e. The summed E-state index contributed by atoms with van der Waals surface area (Å²) in [7, 11) is 0. The molecule has 2 aromatic rings. The number of nitrogens with one attached hydrogen (secondary N) is 1. The number of nitrogens with two attached hydrogens (primary N) is 1. The highest BCUT2D eigenvalue weighted by Gasteiger charge is 2.07. The molecule has 0 spiro atoms. The molecule has 0 bridgehead atoms. The normalized spacial score (nSPS) is 10.4. The highest BCUT2D eigenvalue weighted by molar-refractivity contribution is 7.15. The van der Waals surface area contributed by atoms with Crippen molar-refractivity contribution in [3.05, 3.63) is 33.8 Å². The van der Waals surface area contributed by atoms with E-state index in [0.717, 1.165) is 16.3 Å². The van der Waals surface area contributed by atoms with E-state index >= 15 is 0 Å². The monoisotopic (exact) mass is 264 g/mol. The van der Waals surface area contributed by atoms with Gasteiger partial charge in [0.1, 0.15) is 12.4 Å². The zero-order valence-corrected chi connectivity index (χ0v) is 11.5. The average Bonchev–Trinajstić information content (AvgIpc) is 2.80. The van der Waals surface area contributed by atoms with E-state index in [0.29, 0.717) is 11.7 Å². The van der Waals surface area contributed by atoms with Gasteiger partial charge in [0, 0.05) is 0 Å². The first-order valence-electron chi connectivity index (χ1n) is 5.60. The maximum Gasteiger partial charge on any atom is 0.219 e. The second-order valence-corrected chi connectivity index (χ2v) is 5.20. The molecule has 0 atom stereocenters. The van der Waals surface area contributed by atoms with Crippen molar-refractivity contribution >= 4 is 16.5 Å². The van der Waals surface area contributed by atoms with Crippen LogP contribution in [0.15, 0.2) is 12.1 Å². The van der Waals surface area contributed by atoms with Crippen LogP contribution < -0.4 is 16.0 Å². The Morgan fingerprint density at radius 3 is 2.72 bits per heavy atom. The van der Waals surface area contributed by atoms with Crippen molar-refractivity contribution in [2.75, 3.05) is 5.43 Å². The van der Waals surface area contributed by atoms with E-state index in [1.54, 1.807) is 0 Å². The van der Waals surface area contributed by atoms with Gasteiger partial charge in [0.15, 0.2) is 5.01 Å². The number of aryl methyl sites for hydroxylation is 2. The van der Waals surface area contributed by atoms with Crippen molar-refractivity contribution < 1.29 is 4.74 Å². The fourth-order valence-corrected chi connectivity index (χ4v) is 2.22. The SMILES string of the molecule is Cc1cc(C)c(C)c(OCc2nnc(NN)s2)c1. The molecule has 2 rings (SSSR count). The van der Waals surface area contributed by atoms with Crippen LogP contribution in [0.25, 0.3) is 0 Å². The van der Waals surface area contributed by atoms with Crippen LogP contribution in [0.2, 0.25) is 0 Å². The molecular formula is C12H16N4OS. The fraction of sp³-hybridized carbons (Fsp3) is 0.333. The molecule has 0 aliphatic carbocycles. The number of hydrazine groups is 1. The van der Waals surface area contributed by atoms with Gasteiger partial charge in [0.2, 0.25) is 5.13 Å². The molecule has 0 amide bonds. The van der Waals surface area contributed by atoms with Crippen LogP contribution in [0.3, 0.4) is 0 Å². The Morgan fingerprint density at radius 1 is 1.28 bits per heavy atom. The highest BCUT2D eigenvalue weighted by Crippen LogP contribution is 2.25. The number of hydrogen-bond acceptors (Lipinski definition) is 6. The van der Waals surface area contributed by atoms with E-state index in [9.17, 15) is 0 Å². The summed E-state index contributed by atoms with van der Waals surface area (Å²) in [6.07, 6.45) is 0. The van der Waals surface area contributed by atoms with Crippen LogP contribution in [-0.4, -0.2) is 10.2 Å². The molecule has 1 aromatic heterocycles. The van der Waals surface area contributed by atoms with Crippen LogP contribution in [0.1, 0.15) is 21.7 Å².